The number of ether oxygens (including phenoxy) is 1. The van der Waals surface area contributed by atoms with Gasteiger partial charge in [0.05, 0.1) is 23.3 Å². The summed E-state index contributed by atoms with van der Waals surface area (Å²) in [7, 11) is -3.54. The van der Waals surface area contributed by atoms with E-state index in [9.17, 15) is 8.42 Å². The smallest absolute Gasteiger partial charge is 0.256 e. The quantitative estimate of drug-likeness (QED) is 0.344. The molecule has 0 amide bonds. The van der Waals surface area contributed by atoms with Crippen LogP contribution < -0.4 is 10.1 Å². The Labute approximate surface area is 211 Å². The number of rotatable bonds is 10. The minimum Gasteiger partial charge on any atom is -0.492 e. The normalized spacial score (nSPS) is 15.4. The number of benzene rings is 1. The Bertz CT molecular complexity index is 1420. The summed E-state index contributed by atoms with van der Waals surface area (Å²) >= 11 is 0. The Morgan fingerprint density at radius 2 is 1.89 bits per heavy atom. The fraction of sp³-hybridized carbons (Fsp3) is 0.400. The van der Waals surface area contributed by atoms with Crippen LogP contribution in [-0.4, -0.2) is 68.6 Å². The molecular formula is C25H31N7O3S. The summed E-state index contributed by atoms with van der Waals surface area (Å²) in [6, 6.07) is 13.3. The zero-order valence-corrected chi connectivity index (χ0v) is 21.4. The SMILES string of the molecule is CCC(C)S(=O)(=O)n1cc(-c2cccc3nc(Nc4ccc(OCCN5CCCC5)cc4)nn23)cn1. The van der Waals surface area contributed by atoms with E-state index < -0.39 is 15.3 Å². The predicted molar refractivity (Wildman–Crippen MR) is 139 cm³/mol. The second-order valence-corrected chi connectivity index (χ2v) is 11.2. The van der Waals surface area contributed by atoms with Gasteiger partial charge < -0.3 is 10.1 Å². The summed E-state index contributed by atoms with van der Waals surface area (Å²) in [6.45, 7) is 7.49. The molecule has 3 aromatic heterocycles. The second kappa shape index (κ2) is 10.3. The molecule has 0 saturated carbocycles. The van der Waals surface area contributed by atoms with Crippen molar-refractivity contribution in [2.45, 2.75) is 38.4 Å². The van der Waals surface area contributed by atoms with Crippen molar-refractivity contribution in [3.05, 3.63) is 54.9 Å². The van der Waals surface area contributed by atoms with Crippen LogP contribution in [0.25, 0.3) is 16.9 Å². The standard InChI is InChI=1S/C25H31N7O3S/c1-3-19(2)36(33,34)31-18-20(17-26-31)23-7-6-8-24-28-25(29-32(23)24)27-21-9-11-22(12-10-21)35-16-15-30-13-4-5-14-30/h6-12,17-19H,3-5,13-16H2,1-2H3,(H,27,29). The largest absolute Gasteiger partial charge is 0.492 e. The van der Waals surface area contributed by atoms with Gasteiger partial charge >= 0.3 is 0 Å². The first kappa shape index (κ1) is 24.3. The van der Waals surface area contributed by atoms with Gasteiger partial charge in [-0.25, -0.2) is 12.9 Å². The number of hydrogen-bond donors (Lipinski definition) is 1. The minimum absolute atomic E-state index is 0.435. The van der Waals surface area contributed by atoms with Crippen molar-refractivity contribution in [1.82, 2.24) is 28.7 Å². The zero-order chi connectivity index (χ0) is 25.1. The van der Waals surface area contributed by atoms with Crippen LogP contribution in [0.3, 0.4) is 0 Å². The number of hydrogen-bond acceptors (Lipinski definition) is 8. The van der Waals surface area contributed by atoms with Crippen LogP contribution in [0, 0.1) is 0 Å². The molecule has 1 aliphatic rings. The van der Waals surface area contributed by atoms with Gasteiger partial charge in [-0.2, -0.15) is 14.2 Å². The molecule has 1 aromatic carbocycles. The van der Waals surface area contributed by atoms with Crippen molar-refractivity contribution in [3.63, 3.8) is 0 Å². The lowest BCUT2D eigenvalue weighted by Crippen LogP contribution is -2.25. The Balaban J connectivity index is 1.29. The van der Waals surface area contributed by atoms with Crippen LogP contribution >= 0.6 is 0 Å². The van der Waals surface area contributed by atoms with Crippen LogP contribution in [0.1, 0.15) is 33.1 Å². The van der Waals surface area contributed by atoms with Crippen LogP contribution in [-0.2, 0) is 10.0 Å². The third kappa shape index (κ3) is 5.07. The summed E-state index contributed by atoms with van der Waals surface area (Å²) in [6.07, 6.45) is 6.13. The van der Waals surface area contributed by atoms with Crippen molar-refractivity contribution in [2.75, 3.05) is 31.6 Å². The van der Waals surface area contributed by atoms with Gasteiger partial charge in [0.2, 0.25) is 5.95 Å². The number of likely N-dealkylation sites (tertiary alicyclic amines) is 1. The molecule has 0 radical (unpaired) electrons. The van der Waals surface area contributed by atoms with E-state index in [1.807, 2.05) is 49.4 Å². The van der Waals surface area contributed by atoms with Gasteiger partial charge in [-0.1, -0.05) is 13.0 Å². The maximum Gasteiger partial charge on any atom is 0.256 e. The Morgan fingerprint density at radius 3 is 2.64 bits per heavy atom. The zero-order valence-electron chi connectivity index (χ0n) is 20.5. The predicted octanol–water partition coefficient (Wildman–Crippen LogP) is 3.79. The number of aromatic nitrogens is 5. The Hall–Kier alpha value is -3.44. The molecule has 1 fully saturated rings. The van der Waals surface area contributed by atoms with Gasteiger partial charge in [0, 0.05) is 17.8 Å². The van der Waals surface area contributed by atoms with Gasteiger partial charge in [0.25, 0.3) is 10.0 Å². The second-order valence-electron chi connectivity index (χ2n) is 9.03. The third-order valence-electron chi connectivity index (χ3n) is 6.55. The fourth-order valence-corrected chi connectivity index (χ4v) is 5.44. The summed E-state index contributed by atoms with van der Waals surface area (Å²) < 4.78 is 33.9. The van der Waals surface area contributed by atoms with Gasteiger partial charge in [-0.3, -0.25) is 4.90 Å². The molecule has 1 saturated heterocycles. The minimum atomic E-state index is -3.54. The van der Waals surface area contributed by atoms with Crippen molar-refractivity contribution >= 4 is 27.3 Å². The molecule has 1 atom stereocenters. The average molecular weight is 510 g/mol. The number of anilines is 2. The van der Waals surface area contributed by atoms with Crippen molar-refractivity contribution in [3.8, 4) is 17.0 Å². The van der Waals surface area contributed by atoms with Gasteiger partial charge in [0.15, 0.2) is 5.65 Å². The van der Waals surface area contributed by atoms with E-state index in [4.69, 9.17) is 4.74 Å². The lowest BCUT2D eigenvalue weighted by atomic mass is 10.2. The van der Waals surface area contributed by atoms with E-state index in [1.54, 1.807) is 11.4 Å². The van der Waals surface area contributed by atoms with Crippen molar-refractivity contribution in [1.29, 1.82) is 0 Å². The molecule has 0 bridgehead atoms. The Morgan fingerprint density at radius 1 is 1.11 bits per heavy atom. The van der Waals surface area contributed by atoms with Gasteiger partial charge in [-0.05, 0) is 75.7 Å². The van der Waals surface area contributed by atoms with Crippen molar-refractivity contribution in [2.24, 2.45) is 0 Å². The average Bonchev–Trinajstić information content (AvgIpc) is 3.65. The maximum atomic E-state index is 12.7. The highest BCUT2D eigenvalue weighted by Gasteiger charge is 2.23. The molecule has 5 rings (SSSR count). The summed E-state index contributed by atoms with van der Waals surface area (Å²) in [5.74, 6) is 1.26. The molecule has 1 unspecified atom stereocenters. The van der Waals surface area contributed by atoms with Crippen molar-refractivity contribution < 1.29 is 13.2 Å². The topological polar surface area (TPSA) is 107 Å². The molecule has 1 N–H and O–H groups in total. The number of nitrogens with zero attached hydrogens (tertiary/aromatic N) is 6. The first-order chi connectivity index (χ1) is 17.4. The van der Waals surface area contributed by atoms with E-state index in [-0.39, 0.29) is 0 Å². The van der Waals surface area contributed by atoms with E-state index in [0.717, 1.165) is 22.1 Å². The number of fused-ring (bicyclic) bond motifs is 1. The number of nitrogens with one attached hydrogen (secondary N) is 1. The monoisotopic (exact) mass is 509 g/mol. The van der Waals surface area contributed by atoms with Gasteiger partial charge in [-0.15, -0.1) is 5.10 Å². The highest BCUT2D eigenvalue weighted by atomic mass is 32.2. The molecule has 0 spiro atoms. The summed E-state index contributed by atoms with van der Waals surface area (Å²) in [5.41, 5.74) is 2.81. The lowest BCUT2D eigenvalue weighted by Gasteiger charge is -2.15. The molecule has 10 nitrogen and oxygen atoms in total. The highest BCUT2D eigenvalue weighted by molar-refractivity contribution is 7.90. The van der Waals surface area contributed by atoms with E-state index in [1.165, 1.54) is 38.3 Å². The van der Waals surface area contributed by atoms with Crippen LogP contribution in [0.4, 0.5) is 11.6 Å². The first-order valence-electron chi connectivity index (χ1n) is 12.3. The molecular weight excluding hydrogens is 478 g/mol. The van der Waals surface area contributed by atoms with Gasteiger partial charge in [0.1, 0.15) is 12.4 Å². The molecule has 1 aliphatic heterocycles. The van der Waals surface area contributed by atoms with Crippen LogP contribution in [0.15, 0.2) is 54.9 Å². The lowest BCUT2D eigenvalue weighted by molar-refractivity contribution is 0.238. The first-order valence-corrected chi connectivity index (χ1v) is 13.8. The molecule has 11 heteroatoms. The molecule has 190 valence electrons. The molecule has 4 aromatic rings. The van der Waals surface area contributed by atoms with E-state index in [2.05, 4.69) is 25.4 Å². The third-order valence-corrected chi connectivity index (χ3v) is 8.62. The number of pyridine rings is 1. The fourth-order valence-electron chi connectivity index (χ4n) is 4.21. The van der Waals surface area contributed by atoms with Crippen LogP contribution in [0.5, 0.6) is 5.75 Å². The maximum absolute atomic E-state index is 12.7. The van der Waals surface area contributed by atoms with E-state index in [0.29, 0.717) is 35.9 Å². The summed E-state index contributed by atoms with van der Waals surface area (Å²) in [4.78, 5) is 6.99. The summed E-state index contributed by atoms with van der Waals surface area (Å²) in [5, 5.41) is 11.4. The molecule has 36 heavy (non-hydrogen) atoms. The van der Waals surface area contributed by atoms with Crippen LogP contribution in [0.2, 0.25) is 0 Å². The Kier molecular flexibility index (Phi) is 6.92. The molecule has 4 heterocycles. The molecule has 0 aliphatic carbocycles. The highest BCUT2D eigenvalue weighted by Crippen LogP contribution is 2.24. The van der Waals surface area contributed by atoms with E-state index >= 15 is 0 Å².